The highest BCUT2D eigenvalue weighted by Crippen LogP contribution is 2.15. The predicted molar refractivity (Wildman–Crippen MR) is 64.9 cm³/mol. The number of halogens is 2. The Hall–Kier alpha value is -0.940. The van der Waals surface area contributed by atoms with E-state index in [0.29, 0.717) is 6.61 Å². The van der Waals surface area contributed by atoms with Crippen molar-refractivity contribution in [2.75, 3.05) is 19.7 Å². The van der Waals surface area contributed by atoms with Gasteiger partial charge >= 0.3 is 6.01 Å². The molecule has 17 heavy (non-hydrogen) atoms. The van der Waals surface area contributed by atoms with Gasteiger partial charge in [0.2, 0.25) is 0 Å². The van der Waals surface area contributed by atoms with Gasteiger partial charge in [-0.15, -0.1) is 12.4 Å². The molecule has 1 aliphatic heterocycles. The average molecular weight is 262 g/mol. The molecule has 2 rings (SSSR count). The van der Waals surface area contributed by atoms with Crippen molar-refractivity contribution in [3.63, 3.8) is 0 Å². The van der Waals surface area contributed by atoms with Crippen LogP contribution in [-0.4, -0.2) is 29.7 Å². The summed E-state index contributed by atoms with van der Waals surface area (Å²) in [7, 11) is 0. The summed E-state index contributed by atoms with van der Waals surface area (Å²) in [6.45, 7) is 2.80. The maximum atomic E-state index is 12.5. The van der Waals surface area contributed by atoms with Gasteiger partial charge in [0.15, 0.2) is 5.82 Å². The Morgan fingerprint density at radius 2 is 1.94 bits per heavy atom. The molecule has 0 atom stereocenters. The number of hydrogen-bond donors (Lipinski definition) is 1. The number of rotatable bonds is 4. The summed E-state index contributed by atoms with van der Waals surface area (Å²) in [6, 6.07) is 0.260. The normalized spacial score (nSPS) is 16.3. The first-order valence-electron chi connectivity index (χ1n) is 5.65. The van der Waals surface area contributed by atoms with Crippen LogP contribution in [0.4, 0.5) is 4.39 Å². The molecule has 1 aromatic rings. The van der Waals surface area contributed by atoms with Crippen molar-refractivity contribution in [1.82, 2.24) is 15.3 Å². The SMILES string of the molecule is Cl.Fc1cnc(OCCC2CCNCC2)nc1. The Kier molecular flexibility index (Phi) is 6.15. The van der Waals surface area contributed by atoms with Crippen molar-refractivity contribution in [3.05, 3.63) is 18.2 Å². The molecule has 6 heteroatoms. The van der Waals surface area contributed by atoms with Crippen LogP contribution in [0, 0.1) is 11.7 Å². The molecule has 0 aromatic carbocycles. The van der Waals surface area contributed by atoms with Gasteiger partial charge in [0, 0.05) is 0 Å². The lowest BCUT2D eigenvalue weighted by molar-refractivity contribution is 0.237. The van der Waals surface area contributed by atoms with E-state index in [2.05, 4.69) is 15.3 Å². The molecule has 0 amide bonds. The van der Waals surface area contributed by atoms with Crippen LogP contribution in [-0.2, 0) is 0 Å². The summed E-state index contributed by atoms with van der Waals surface area (Å²) in [6.07, 6.45) is 5.66. The van der Waals surface area contributed by atoms with E-state index in [-0.39, 0.29) is 18.4 Å². The molecule has 96 valence electrons. The minimum atomic E-state index is -0.439. The van der Waals surface area contributed by atoms with E-state index in [1.165, 1.54) is 12.8 Å². The average Bonchev–Trinajstić information content (AvgIpc) is 2.33. The Morgan fingerprint density at radius 3 is 2.59 bits per heavy atom. The molecule has 1 aromatic heterocycles. The van der Waals surface area contributed by atoms with E-state index in [1.807, 2.05) is 0 Å². The van der Waals surface area contributed by atoms with Gasteiger partial charge in [-0.2, -0.15) is 0 Å². The van der Waals surface area contributed by atoms with Crippen LogP contribution in [0.25, 0.3) is 0 Å². The van der Waals surface area contributed by atoms with Gasteiger partial charge < -0.3 is 10.1 Å². The fraction of sp³-hybridized carbons (Fsp3) is 0.636. The topological polar surface area (TPSA) is 47.0 Å². The van der Waals surface area contributed by atoms with E-state index in [1.54, 1.807) is 0 Å². The molecular weight excluding hydrogens is 245 g/mol. The van der Waals surface area contributed by atoms with Gasteiger partial charge in [-0.1, -0.05) is 0 Å². The molecule has 1 N–H and O–H groups in total. The quantitative estimate of drug-likeness (QED) is 0.898. The van der Waals surface area contributed by atoms with Crippen molar-refractivity contribution in [1.29, 1.82) is 0 Å². The third kappa shape index (κ3) is 4.83. The van der Waals surface area contributed by atoms with Crippen molar-refractivity contribution >= 4 is 12.4 Å². The molecule has 0 bridgehead atoms. The number of piperidine rings is 1. The Morgan fingerprint density at radius 1 is 1.29 bits per heavy atom. The first-order valence-corrected chi connectivity index (χ1v) is 5.65. The van der Waals surface area contributed by atoms with Crippen molar-refractivity contribution < 1.29 is 9.13 Å². The van der Waals surface area contributed by atoms with Crippen LogP contribution >= 0.6 is 12.4 Å². The third-order valence-electron chi connectivity index (χ3n) is 2.81. The number of nitrogens with one attached hydrogen (secondary N) is 1. The molecule has 4 nitrogen and oxygen atoms in total. The third-order valence-corrected chi connectivity index (χ3v) is 2.81. The highest BCUT2D eigenvalue weighted by atomic mass is 35.5. The fourth-order valence-electron chi connectivity index (χ4n) is 1.86. The first kappa shape index (κ1) is 14.1. The minimum absolute atomic E-state index is 0. The van der Waals surface area contributed by atoms with Gasteiger partial charge in [-0.05, 0) is 38.3 Å². The van der Waals surface area contributed by atoms with Crippen LogP contribution in [0.2, 0.25) is 0 Å². The van der Waals surface area contributed by atoms with Gasteiger partial charge in [-0.25, -0.2) is 14.4 Å². The molecule has 0 unspecified atom stereocenters. The Balaban J connectivity index is 0.00000144. The largest absolute Gasteiger partial charge is 0.463 e. The molecule has 0 radical (unpaired) electrons. The second-order valence-electron chi connectivity index (χ2n) is 4.01. The molecule has 2 heterocycles. The monoisotopic (exact) mass is 261 g/mol. The Bertz CT molecular complexity index is 317. The van der Waals surface area contributed by atoms with Gasteiger partial charge in [0.1, 0.15) is 0 Å². The highest BCUT2D eigenvalue weighted by Gasteiger charge is 2.12. The molecule has 0 saturated carbocycles. The predicted octanol–water partition coefficient (Wildman–Crippen LogP) is 1.81. The number of nitrogens with zero attached hydrogens (tertiary/aromatic N) is 2. The van der Waals surface area contributed by atoms with Crippen molar-refractivity contribution in [2.45, 2.75) is 19.3 Å². The summed E-state index contributed by atoms with van der Waals surface area (Å²) in [5.74, 6) is 0.285. The van der Waals surface area contributed by atoms with E-state index in [0.717, 1.165) is 37.8 Å². The van der Waals surface area contributed by atoms with E-state index >= 15 is 0 Å². The lowest BCUT2D eigenvalue weighted by atomic mass is 9.95. The summed E-state index contributed by atoms with van der Waals surface area (Å²) in [4.78, 5) is 7.48. The maximum Gasteiger partial charge on any atom is 0.316 e. The number of hydrogen-bond acceptors (Lipinski definition) is 4. The van der Waals surface area contributed by atoms with Crippen LogP contribution in [0.5, 0.6) is 6.01 Å². The zero-order chi connectivity index (χ0) is 11.2. The molecule has 1 aliphatic rings. The molecular formula is C11H17ClFN3O. The van der Waals surface area contributed by atoms with Crippen molar-refractivity contribution in [2.24, 2.45) is 5.92 Å². The summed E-state index contributed by atoms with van der Waals surface area (Å²) >= 11 is 0. The van der Waals surface area contributed by atoms with Crippen LogP contribution in [0.1, 0.15) is 19.3 Å². The fourth-order valence-corrected chi connectivity index (χ4v) is 1.86. The standard InChI is InChI=1S/C11H16FN3O.ClH/c12-10-7-14-11(15-8-10)16-6-3-9-1-4-13-5-2-9;/h7-9,13H,1-6H2;1H. The van der Waals surface area contributed by atoms with Crippen LogP contribution in [0.3, 0.4) is 0 Å². The number of aromatic nitrogens is 2. The number of ether oxygens (including phenoxy) is 1. The van der Waals surface area contributed by atoms with E-state index < -0.39 is 5.82 Å². The van der Waals surface area contributed by atoms with Crippen LogP contribution < -0.4 is 10.1 Å². The maximum absolute atomic E-state index is 12.5. The second kappa shape index (κ2) is 7.40. The van der Waals surface area contributed by atoms with Gasteiger partial charge in [0.25, 0.3) is 0 Å². The lowest BCUT2D eigenvalue weighted by Gasteiger charge is -2.22. The van der Waals surface area contributed by atoms with Crippen molar-refractivity contribution in [3.8, 4) is 6.01 Å². The molecule has 1 saturated heterocycles. The smallest absolute Gasteiger partial charge is 0.316 e. The highest BCUT2D eigenvalue weighted by molar-refractivity contribution is 5.85. The van der Waals surface area contributed by atoms with E-state index in [4.69, 9.17) is 4.74 Å². The summed E-state index contributed by atoms with van der Waals surface area (Å²) < 4.78 is 17.9. The Labute approximate surface area is 106 Å². The summed E-state index contributed by atoms with van der Waals surface area (Å²) in [5, 5.41) is 3.32. The molecule has 0 aliphatic carbocycles. The van der Waals surface area contributed by atoms with Crippen LogP contribution in [0.15, 0.2) is 12.4 Å². The first-order chi connectivity index (χ1) is 7.84. The minimum Gasteiger partial charge on any atom is -0.463 e. The van der Waals surface area contributed by atoms with Gasteiger partial charge in [-0.3, -0.25) is 0 Å². The zero-order valence-electron chi connectivity index (χ0n) is 9.56. The summed E-state index contributed by atoms with van der Waals surface area (Å²) in [5.41, 5.74) is 0. The lowest BCUT2D eigenvalue weighted by Crippen LogP contribution is -2.28. The van der Waals surface area contributed by atoms with E-state index in [9.17, 15) is 4.39 Å². The zero-order valence-corrected chi connectivity index (χ0v) is 10.4. The second-order valence-corrected chi connectivity index (χ2v) is 4.01. The molecule has 1 fully saturated rings. The van der Waals surface area contributed by atoms with Gasteiger partial charge in [0.05, 0.1) is 19.0 Å². The molecule has 0 spiro atoms.